The van der Waals surface area contributed by atoms with Crippen LogP contribution in [-0.2, 0) is 9.53 Å². The molecule has 0 radical (unpaired) electrons. The first-order chi connectivity index (χ1) is 13.0. The van der Waals surface area contributed by atoms with Gasteiger partial charge in [0.1, 0.15) is 5.69 Å². The number of ether oxygens (including phenoxy) is 1. The maximum absolute atomic E-state index is 12.2. The van der Waals surface area contributed by atoms with E-state index in [1.807, 2.05) is 11.8 Å². The van der Waals surface area contributed by atoms with Crippen LogP contribution < -0.4 is 10.2 Å². The Bertz CT molecular complexity index is 669. The Hall–Kier alpha value is -2.64. The van der Waals surface area contributed by atoms with Crippen molar-refractivity contribution >= 4 is 23.3 Å². The second-order valence-electron chi connectivity index (χ2n) is 6.64. The second-order valence-corrected chi connectivity index (χ2v) is 6.64. The third kappa shape index (κ3) is 6.23. The largest absolute Gasteiger partial charge is 0.452 e. The molecule has 0 atom stereocenters. The van der Waals surface area contributed by atoms with E-state index in [0.29, 0.717) is 12.2 Å². The second kappa shape index (κ2) is 10.5. The summed E-state index contributed by atoms with van der Waals surface area (Å²) >= 11 is 0. The van der Waals surface area contributed by atoms with Gasteiger partial charge in [-0.3, -0.25) is 14.9 Å². The van der Waals surface area contributed by atoms with Gasteiger partial charge in [-0.2, -0.15) is 0 Å². The number of nitro benzene ring substituents is 1. The average molecular weight is 377 g/mol. The van der Waals surface area contributed by atoms with Gasteiger partial charge in [-0.1, -0.05) is 26.2 Å². The number of carbonyl (C=O) groups excluding carboxylic acids is 2. The molecule has 0 aromatic heterocycles. The number of hydrogen-bond donors (Lipinski definition) is 1. The smallest absolute Gasteiger partial charge is 0.338 e. The highest BCUT2D eigenvalue weighted by Gasteiger charge is 2.23. The number of esters is 1. The molecule has 27 heavy (non-hydrogen) atoms. The Labute approximate surface area is 159 Å². The summed E-state index contributed by atoms with van der Waals surface area (Å²) in [4.78, 5) is 36.8. The Morgan fingerprint density at radius 1 is 1.22 bits per heavy atom. The van der Waals surface area contributed by atoms with E-state index in [2.05, 4.69) is 5.32 Å². The van der Waals surface area contributed by atoms with Crippen LogP contribution in [0.5, 0.6) is 0 Å². The van der Waals surface area contributed by atoms with E-state index in [9.17, 15) is 19.7 Å². The minimum atomic E-state index is -0.744. The van der Waals surface area contributed by atoms with Gasteiger partial charge < -0.3 is 15.0 Å². The number of anilines is 1. The van der Waals surface area contributed by atoms with Crippen molar-refractivity contribution in [2.45, 2.75) is 45.4 Å². The molecule has 1 heterocycles. The Kier molecular flexibility index (Phi) is 8.03. The van der Waals surface area contributed by atoms with Crippen molar-refractivity contribution in [3.05, 3.63) is 33.9 Å². The van der Waals surface area contributed by atoms with Crippen LogP contribution in [0, 0.1) is 10.1 Å². The zero-order valence-electron chi connectivity index (χ0n) is 15.7. The summed E-state index contributed by atoms with van der Waals surface area (Å²) in [5, 5.41) is 14.1. The molecule has 8 heteroatoms. The number of benzene rings is 1. The number of carbonyl (C=O) groups is 2. The van der Waals surface area contributed by atoms with E-state index in [0.717, 1.165) is 51.6 Å². The quantitative estimate of drug-likeness (QED) is 0.323. The van der Waals surface area contributed by atoms with Crippen molar-refractivity contribution < 1.29 is 19.2 Å². The van der Waals surface area contributed by atoms with Gasteiger partial charge in [-0.25, -0.2) is 4.79 Å². The molecule has 0 unspecified atom stereocenters. The molecule has 0 bridgehead atoms. The van der Waals surface area contributed by atoms with Gasteiger partial charge >= 0.3 is 5.97 Å². The van der Waals surface area contributed by atoms with E-state index in [1.165, 1.54) is 12.1 Å². The molecule has 2 rings (SSSR count). The predicted molar refractivity (Wildman–Crippen MR) is 102 cm³/mol. The molecule has 0 spiro atoms. The minimum absolute atomic E-state index is 0.0710. The molecule has 1 aliphatic rings. The van der Waals surface area contributed by atoms with Gasteiger partial charge in [-0.05, 0) is 31.4 Å². The summed E-state index contributed by atoms with van der Waals surface area (Å²) < 4.78 is 4.97. The topological polar surface area (TPSA) is 102 Å². The van der Waals surface area contributed by atoms with Crippen molar-refractivity contribution in [1.82, 2.24) is 5.32 Å². The van der Waals surface area contributed by atoms with Crippen molar-refractivity contribution in [3.8, 4) is 0 Å². The fourth-order valence-corrected chi connectivity index (χ4v) is 3.05. The number of rotatable bonds is 8. The van der Waals surface area contributed by atoms with Crippen LogP contribution in [0.2, 0.25) is 0 Å². The van der Waals surface area contributed by atoms with Crippen LogP contribution in [0.15, 0.2) is 18.2 Å². The van der Waals surface area contributed by atoms with Crippen molar-refractivity contribution in [2.24, 2.45) is 0 Å². The Morgan fingerprint density at radius 2 is 1.93 bits per heavy atom. The third-order valence-corrected chi connectivity index (χ3v) is 4.54. The summed E-state index contributed by atoms with van der Waals surface area (Å²) in [5.74, 6) is -1.13. The number of nitro groups is 1. The number of hydrogen-bond acceptors (Lipinski definition) is 6. The summed E-state index contributed by atoms with van der Waals surface area (Å²) in [6.45, 7) is 3.67. The molecule has 1 aromatic carbocycles. The summed E-state index contributed by atoms with van der Waals surface area (Å²) in [6.07, 6.45) is 6.03. The highest BCUT2D eigenvalue weighted by molar-refractivity contribution is 5.93. The lowest BCUT2D eigenvalue weighted by Crippen LogP contribution is -2.29. The first kappa shape index (κ1) is 20.7. The van der Waals surface area contributed by atoms with Crippen LogP contribution in [0.25, 0.3) is 0 Å². The van der Waals surface area contributed by atoms with E-state index < -0.39 is 17.5 Å². The van der Waals surface area contributed by atoms with E-state index in [1.54, 1.807) is 6.07 Å². The van der Waals surface area contributed by atoms with E-state index in [-0.39, 0.29) is 17.2 Å². The first-order valence-corrected chi connectivity index (χ1v) is 9.50. The van der Waals surface area contributed by atoms with Crippen LogP contribution in [-0.4, -0.2) is 43.0 Å². The van der Waals surface area contributed by atoms with Gasteiger partial charge in [-0.15, -0.1) is 0 Å². The van der Waals surface area contributed by atoms with Gasteiger partial charge in [0, 0.05) is 25.7 Å². The number of nitrogens with zero attached hydrogens (tertiary/aromatic N) is 2. The van der Waals surface area contributed by atoms with Crippen LogP contribution in [0.4, 0.5) is 11.4 Å². The molecule has 1 aromatic rings. The van der Waals surface area contributed by atoms with Crippen LogP contribution in [0.3, 0.4) is 0 Å². The van der Waals surface area contributed by atoms with Crippen molar-refractivity contribution in [2.75, 3.05) is 31.1 Å². The molecule has 1 N–H and O–H groups in total. The van der Waals surface area contributed by atoms with Gasteiger partial charge in [0.15, 0.2) is 6.61 Å². The standard InChI is InChI=1S/C19H27N3O5/c1-2-3-10-20-18(23)14-27-19(24)15-8-9-16(17(13-15)22(25)26)21-11-6-4-5-7-12-21/h8-9,13H,2-7,10-12,14H2,1H3,(H,20,23). The van der Waals surface area contributed by atoms with Gasteiger partial charge in [0.2, 0.25) is 0 Å². The lowest BCUT2D eigenvalue weighted by atomic mass is 10.1. The monoisotopic (exact) mass is 377 g/mol. The molecule has 1 aliphatic heterocycles. The van der Waals surface area contributed by atoms with E-state index >= 15 is 0 Å². The van der Waals surface area contributed by atoms with E-state index in [4.69, 9.17) is 4.74 Å². The number of nitrogens with one attached hydrogen (secondary N) is 1. The summed E-state index contributed by atoms with van der Waals surface area (Å²) in [6, 6.07) is 4.35. The Morgan fingerprint density at radius 3 is 2.56 bits per heavy atom. The molecule has 1 amide bonds. The highest BCUT2D eigenvalue weighted by atomic mass is 16.6. The highest BCUT2D eigenvalue weighted by Crippen LogP contribution is 2.31. The molecule has 0 saturated carbocycles. The normalized spacial score (nSPS) is 14.3. The fraction of sp³-hybridized carbons (Fsp3) is 0.579. The number of unbranched alkanes of at least 4 members (excludes halogenated alkanes) is 1. The SMILES string of the molecule is CCCCNC(=O)COC(=O)c1ccc(N2CCCCCC2)c([N+](=O)[O-])c1. The molecule has 148 valence electrons. The zero-order valence-corrected chi connectivity index (χ0v) is 15.7. The average Bonchev–Trinajstić information content (AvgIpc) is 2.95. The number of amides is 1. The molecule has 1 fully saturated rings. The maximum Gasteiger partial charge on any atom is 0.338 e. The van der Waals surface area contributed by atoms with Crippen LogP contribution >= 0.6 is 0 Å². The van der Waals surface area contributed by atoms with Gasteiger partial charge in [0.05, 0.1) is 10.5 Å². The lowest BCUT2D eigenvalue weighted by molar-refractivity contribution is -0.384. The molecular weight excluding hydrogens is 350 g/mol. The van der Waals surface area contributed by atoms with Crippen molar-refractivity contribution in [3.63, 3.8) is 0 Å². The predicted octanol–water partition coefficient (Wildman–Crippen LogP) is 3.05. The lowest BCUT2D eigenvalue weighted by Gasteiger charge is -2.22. The van der Waals surface area contributed by atoms with Gasteiger partial charge in [0.25, 0.3) is 11.6 Å². The maximum atomic E-state index is 12.2. The molecule has 0 aliphatic carbocycles. The molecule has 1 saturated heterocycles. The summed E-state index contributed by atoms with van der Waals surface area (Å²) in [5.41, 5.74) is 0.483. The van der Waals surface area contributed by atoms with Crippen molar-refractivity contribution in [1.29, 1.82) is 0 Å². The Balaban J connectivity index is 2.04. The fourth-order valence-electron chi connectivity index (χ4n) is 3.05. The first-order valence-electron chi connectivity index (χ1n) is 9.50. The van der Waals surface area contributed by atoms with Crippen LogP contribution in [0.1, 0.15) is 55.8 Å². The molecule has 8 nitrogen and oxygen atoms in total. The minimum Gasteiger partial charge on any atom is -0.452 e. The third-order valence-electron chi connectivity index (χ3n) is 4.54. The molecular formula is C19H27N3O5. The summed E-state index contributed by atoms with van der Waals surface area (Å²) in [7, 11) is 0. The zero-order chi connectivity index (χ0) is 19.6.